The van der Waals surface area contributed by atoms with Crippen molar-refractivity contribution in [2.24, 2.45) is 0 Å². The molecule has 2 rings (SSSR count). The second-order valence-corrected chi connectivity index (χ2v) is 6.16. The lowest BCUT2D eigenvalue weighted by atomic mass is 10.0. The molecule has 0 radical (unpaired) electrons. The number of rotatable bonds is 1. The molecular weight excluding hydrogens is 491 g/mol. The lowest BCUT2D eigenvalue weighted by molar-refractivity contribution is -0.187. The van der Waals surface area contributed by atoms with Gasteiger partial charge in [0.15, 0.2) is 0 Å². The Morgan fingerprint density at radius 3 is 2.47 bits per heavy atom. The van der Waals surface area contributed by atoms with Gasteiger partial charge in [0.2, 0.25) is 6.10 Å². The monoisotopic (exact) mass is 496 g/mol. The normalized spacial score (nSPS) is 18.4. The van der Waals surface area contributed by atoms with Gasteiger partial charge in [-0.2, -0.15) is 13.2 Å². The van der Waals surface area contributed by atoms with Crippen LogP contribution < -0.4 is 4.74 Å². The molecule has 1 aliphatic rings. The first-order valence-electron chi connectivity index (χ1n) is 4.87. The van der Waals surface area contributed by atoms with Crippen LogP contribution >= 0.6 is 45.2 Å². The Kier molecular flexibility index (Phi) is 4.00. The highest BCUT2D eigenvalue weighted by molar-refractivity contribution is 14.1. The highest BCUT2D eigenvalue weighted by atomic mass is 127. The third-order valence-electron chi connectivity index (χ3n) is 2.41. The summed E-state index contributed by atoms with van der Waals surface area (Å²) in [5.41, 5.74) is -0.466. The van der Waals surface area contributed by atoms with Gasteiger partial charge in [-0.15, -0.1) is 0 Å². The molecule has 1 aliphatic heterocycles. The van der Waals surface area contributed by atoms with Gasteiger partial charge in [-0.1, -0.05) is 0 Å². The van der Waals surface area contributed by atoms with Crippen molar-refractivity contribution in [3.63, 3.8) is 0 Å². The molecule has 3 nitrogen and oxygen atoms in total. The summed E-state index contributed by atoms with van der Waals surface area (Å²) in [7, 11) is 0. The van der Waals surface area contributed by atoms with E-state index >= 15 is 0 Å². The molecule has 1 N–H and O–H groups in total. The SMILES string of the molecule is O=C(O)C1=Cc2cc(I)cc(I)c2OC1C(F)(F)F. The van der Waals surface area contributed by atoms with Gasteiger partial charge < -0.3 is 9.84 Å². The van der Waals surface area contributed by atoms with Crippen molar-refractivity contribution >= 4 is 57.2 Å². The van der Waals surface area contributed by atoms with Gasteiger partial charge in [-0.05, 0) is 63.4 Å². The molecule has 19 heavy (non-hydrogen) atoms. The fourth-order valence-corrected chi connectivity index (χ4v) is 3.67. The van der Waals surface area contributed by atoms with Gasteiger partial charge in [-0.25, -0.2) is 4.79 Å². The molecule has 8 heteroatoms. The number of alkyl halides is 3. The molecule has 1 heterocycles. The molecule has 1 aromatic rings. The molecule has 0 aliphatic carbocycles. The molecule has 0 saturated carbocycles. The number of carboxylic acid groups (broad SMARTS) is 1. The topological polar surface area (TPSA) is 46.5 Å². The van der Waals surface area contributed by atoms with Crippen LogP contribution in [-0.2, 0) is 4.79 Å². The van der Waals surface area contributed by atoms with Crippen molar-refractivity contribution in [1.29, 1.82) is 0 Å². The summed E-state index contributed by atoms with van der Waals surface area (Å²) in [5.74, 6) is -1.57. The molecule has 0 saturated heterocycles. The summed E-state index contributed by atoms with van der Waals surface area (Å²) in [6.45, 7) is 0. The van der Waals surface area contributed by atoms with Crippen LogP contribution in [-0.4, -0.2) is 23.4 Å². The van der Waals surface area contributed by atoms with Gasteiger partial charge in [0, 0.05) is 9.13 Å². The first kappa shape index (κ1) is 14.9. The van der Waals surface area contributed by atoms with Crippen molar-refractivity contribution in [1.82, 2.24) is 0 Å². The number of hydrogen-bond acceptors (Lipinski definition) is 2. The standard InChI is InChI=1S/C11H5F3I2O3/c12-11(13,14)9-6(10(17)18)2-4-1-5(15)3-7(16)8(4)19-9/h1-3,9H,(H,17,18). The van der Waals surface area contributed by atoms with Crippen molar-refractivity contribution < 1.29 is 27.8 Å². The number of carbonyl (C=O) groups is 1. The van der Waals surface area contributed by atoms with Crippen LogP contribution in [0.3, 0.4) is 0 Å². The van der Waals surface area contributed by atoms with Crippen molar-refractivity contribution in [3.05, 3.63) is 30.4 Å². The van der Waals surface area contributed by atoms with Crippen molar-refractivity contribution in [3.8, 4) is 5.75 Å². The van der Waals surface area contributed by atoms with E-state index in [1.807, 2.05) is 45.2 Å². The lowest BCUT2D eigenvalue weighted by Crippen LogP contribution is -2.40. The molecule has 0 fully saturated rings. The Morgan fingerprint density at radius 1 is 1.32 bits per heavy atom. The highest BCUT2D eigenvalue weighted by Crippen LogP contribution is 2.40. The summed E-state index contributed by atoms with van der Waals surface area (Å²) < 4.78 is 44.6. The number of hydrogen-bond donors (Lipinski definition) is 1. The lowest BCUT2D eigenvalue weighted by Gasteiger charge is -2.27. The van der Waals surface area contributed by atoms with Gasteiger partial charge in [0.1, 0.15) is 5.75 Å². The first-order valence-corrected chi connectivity index (χ1v) is 7.03. The van der Waals surface area contributed by atoms with Crippen molar-refractivity contribution in [2.45, 2.75) is 12.3 Å². The third-order valence-corrected chi connectivity index (χ3v) is 3.83. The second-order valence-electron chi connectivity index (χ2n) is 3.75. The molecule has 1 atom stereocenters. The maximum atomic E-state index is 12.8. The summed E-state index contributed by atoms with van der Waals surface area (Å²) in [4.78, 5) is 10.9. The quantitative estimate of drug-likeness (QED) is 0.605. The summed E-state index contributed by atoms with van der Waals surface area (Å²) in [6.07, 6.45) is -6.19. The summed E-state index contributed by atoms with van der Waals surface area (Å²) in [6, 6.07) is 3.24. The Morgan fingerprint density at radius 2 is 1.95 bits per heavy atom. The van der Waals surface area contributed by atoms with E-state index in [4.69, 9.17) is 9.84 Å². The van der Waals surface area contributed by atoms with Crippen LogP contribution in [0.4, 0.5) is 13.2 Å². The van der Waals surface area contributed by atoms with E-state index in [-0.39, 0.29) is 5.75 Å². The van der Waals surface area contributed by atoms with Crippen molar-refractivity contribution in [2.75, 3.05) is 0 Å². The average molecular weight is 496 g/mol. The number of fused-ring (bicyclic) bond motifs is 1. The van der Waals surface area contributed by atoms with E-state index in [1.54, 1.807) is 12.1 Å². The minimum Gasteiger partial charge on any atom is -0.478 e. The maximum absolute atomic E-state index is 12.8. The number of carboxylic acids is 1. The van der Waals surface area contributed by atoms with Crippen LogP contribution in [0.1, 0.15) is 5.56 Å². The highest BCUT2D eigenvalue weighted by Gasteiger charge is 2.48. The van der Waals surface area contributed by atoms with Gasteiger partial charge in [-0.3, -0.25) is 0 Å². The van der Waals surface area contributed by atoms with E-state index in [0.29, 0.717) is 9.13 Å². The molecule has 0 bridgehead atoms. The van der Waals surface area contributed by atoms with Gasteiger partial charge in [0.25, 0.3) is 0 Å². The van der Waals surface area contributed by atoms with Crippen LogP contribution in [0.25, 0.3) is 6.08 Å². The zero-order valence-corrected chi connectivity index (χ0v) is 13.3. The first-order chi connectivity index (χ1) is 8.70. The minimum atomic E-state index is -4.77. The van der Waals surface area contributed by atoms with Crippen LogP contribution in [0.5, 0.6) is 5.75 Å². The molecule has 1 unspecified atom stereocenters. The predicted molar refractivity (Wildman–Crippen MR) is 78.0 cm³/mol. The average Bonchev–Trinajstić information content (AvgIpc) is 2.25. The van der Waals surface area contributed by atoms with E-state index < -0.39 is 23.8 Å². The smallest absolute Gasteiger partial charge is 0.430 e. The molecule has 0 aromatic heterocycles. The molecule has 0 amide bonds. The zero-order valence-electron chi connectivity index (χ0n) is 8.96. The number of aliphatic carboxylic acids is 1. The molecular formula is C11H5F3I2O3. The van der Waals surface area contributed by atoms with E-state index in [9.17, 15) is 18.0 Å². The van der Waals surface area contributed by atoms with E-state index in [1.165, 1.54) is 0 Å². The summed E-state index contributed by atoms with van der Waals surface area (Å²) >= 11 is 3.86. The van der Waals surface area contributed by atoms with Gasteiger partial charge in [0.05, 0.1) is 9.14 Å². The maximum Gasteiger partial charge on any atom is 0.430 e. The fourth-order valence-electron chi connectivity index (χ4n) is 1.65. The van der Waals surface area contributed by atoms with E-state index in [2.05, 4.69) is 0 Å². The van der Waals surface area contributed by atoms with Gasteiger partial charge >= 0.3 is 12.1 Å². The molecule has 0 spiro atoms. The summed E-state index contributed by atoms with van der Waals surface area (Å²) in [5, 5.41) is 8.88. The minimum absolute atomic E-state index is 0.0633. The van der Waals surface area contributed by atoms with Crippen LogP contribution in [0.2, 0.25) is 0 Å². The largest absolute Gasteiger partial charge is 0.478 e. The molecule has 102 valence electrons. The zero-order chi connectivity index (χ0) is 14.4. The number of ether oxygens (including phenoxy) is 1. The van der Waals surface area contributed by atoms with Crippen LogP contribution in [0, 0.1) is 7.14 Å². The predicted octanol–water partition coefficient (Wildman–Crippen LogP) is 3.69. The Bertz CT molecular complexity index is 581. The Balaban J connectivity index is 2.61. The Labute approximate surface area is 133 Å². The third kappa shape index (κ3) is 2.98. The van der Waals surface area contributed by atoms with Crippen LogP contribution in [0.15, 0.2) is 17.7 Å². The Hall–Kier alpha value is -0.520. The number of halogens is 5. The molecule has 1 aromatic carbocycles. The fraction of sp³-hybridized carbons (Fsp3) is 0.182. The number of benzene rings is 1. The van der Waals surface area contributed by atoms with E-state index in [0.717, 1.165) is 9.65 Å². The second kappa shape index (κ2) is 5.11.